The molecule has 0 aliphatic carbocycles. The van der Waals surface area contributed by atoms with Crippen LogP contribution in [0.2, 0.25) is 0 Å². The molecular formula is C9H18O5. The fourth-order valence-electron chi connectivity index (χ4n) is 0.662. The van der Waals surface area contributed by atoms with Crippen LogP contribution >= 0.6 is 0 Å². The summed E-state index contributed by atoms with van der Waals surface area (Å²) in [6.07, 6.45) is 0. The average molecular weight is 206 g/mol. The van der Waals surface area contributed by atoms with E-state index in [9.17, 15) is 4.79 Å². The predicted octanol–water partition coefficient (Wildman–Crippen LogP) is 0.529. The van der Waals surface area contributed by atoms with Crippen LogP contribution in [-0.4, -0.2) is 50.2 Å². The van der Waals surface area contributed by atoms with Crippen LogP contribution in [-0.2, 0) is 19.0 Å². The number of ether oxygens (including phenoxy) is 3. The zero-order valence-corrected chi connectivity index (χ0v) is 8.91. The molecule has 0 atom stereocenters. The van der Waals surface area contributed by atoms with Crippen molar-refractivity contribution in [3.8, 4) is 0 Å². The quantitative estimate of drug-likeness (QED) is 0.587. The molecule has 5 nitrogen and oxygen atoms in total. The summed E-state index contributed by atoms with van der Waals surface area (Å²) in [4.78, 5) is 10.6. The van der Waals surface area contributed by atoms with E-state index in [0.717, 1.165) is 0 Å². The van der Waals surface area contributed by atoms with Gasteiger partial charge in [0.05, 0.1) is 26.4 Å². The van der Waals surface area contributed by atoms with E-state index in [1.165, 1.54) is 13.8 Å². The molecule has 0 heterocycles. The highest BCUT2D eigenvalue weighted by atomic mass is 16.6. The number of carbonyl (C=O) groups is 1. The lowest BCUT2D eigenvalue weighted by Gasteiger charge is -2.19. The molecule has 0 radical (unpaired) electrons. The van der Waals surface area contributed by atoms with E-state index in [4.69, 9.17) is 19.3 Å². The second-order valence-corrected chi connectivity index (χ2v) is 3.27. The monoisotopic (exact) mass is 206 g/mol. The zero-order valence-electron chi connectivity index (χ0n) is 8.91. The molecule has 5 heteroatoms. The van der Waals surface area contributed by atoms with Gasteiger partial charge in [0.15, 0.2) is 5.60 Å². The van der Waals surface area contributed by atoms with Gasteiger partial charge in [0.2, 0.25) is 0 Å². The van der Waals surface area contributed by atoms with E-state index in [1.54, 1.807) is 7.11 Å². The minimum absolute atomic E-state index is 0.267. The second-order valence-electron chi connectivity index (χ2n) is 3.27. The Labute approximate surface area is 84.0 Å². The highest BCUT2D eigenvalue weighted by Crippen LogP contribution is 2.08. The molecule has 0 fully saturated rings. The van der Waals surface area contributed by atoms with Crippen molar-refractivity contribution in [2.24, 2.45) is 0 Å². The average Bonchev–Trinajstić information content (AvgIpc) is 2.10. The van der Waals surface area contributed by atoms with Gasteiger partial charge in [-0.1, -0.05) is 0 Å². The maximum absolute atomic E-state index is 10.6. The lowest BCUT2D eigenvalue weighted by molar-refractivity contribution is -0.162. The minimum Gasteiger partial charge on any atom is -0.479 e. The standard InChI is InChI=1S/C9H18O5/c1-9(2,8(10)11)14-7-6-13-5-4-12-3/h4-7H2,1-3H3,(H,10,11). The van der Waals surface area contributed by atoms with Crippen LogP contribution in [0.5, 0.6) is 0 Å². The van der Waals surface area contributed by atoms with Gasteiger partial charge in [0.25, 0.3) is 0 Å². The van der Waals surface area contributed by atoms with E-state index >= 15 is 0 Å². The maximum atomic E-state index is 10.6. The lowest BCUT2D eigenvalue weighted by Crippen LogP contribution is -2.35. The minimum atomic E-state index is -1.15. The van der Waals surface area contributed by atoms with E-state index in [2.05, 4.69) is 0 Å². The van der Waals surface area contributed by atoms with E-state index in [-0.39, 0.29) is 6.61 Å². The first-order valence-electron chi connectivity index (χ1n) is 4.44. The number of carboxylic acids is 1. The summed E-state index contributed by atoms with van der Waals surface area (Å²) in [5, 5.41) is 8.70. The smallest absolute Gasteiger partial charge is 0.335 e. The fourth-order valence-corrected chi connectivity index (χ4v) is 0.662. The van der Waals surface area contributed by atoms with Gasteiger partial charge in [-0.2, -0.15) is 0 Å². The first-order valence-corrected chi connectivity index (χ1v) is 4.44. The first kappa shape index (κ1) is 13.4. The molecule has 0 saturated heterocycles. The summed E-state index contributed by atoms with van der Waals surface area (Å²) < 4.78 is 15.0. The normalized spacial score (nSPS) is 11.6. The van der Waals surface area contributed by atoms with Crippen LogP contribution in [0.3, 0.4) is 0 Å². The molecule has 0 bridgehead atoms. The van der Waals surface area contributed by atoms with Crippen molar-refractivity contribution in [1.82, 2.24) is 0 Å². The van der Waals surface area contributed by atoms with E-state index in [0.29, 0.717) is 19.8 Å². The van der Waals surface area contributed by atoms with Crippen molar-refractivity contribution in [2.45, 2.75) is 19.4 Å². The van der Waals surface area contributed by atoms with Gasteiger partial charge >= 0.3 is 5.97 Å². The summed E-state index contributed by atoms with van der Waals surface area (Å²) in [6, 6.07) is 0. The number of rotatable bonds is 8. The highest BCUT2D eigenvalue weighted by molar-refractivity contribution is 5.76. The molecule has 0 aromatic carbocycles. The molecule has 0 rings (SSSR count). The fraction of sp³-hybridized carbons (Fsp3) is 0.889. The molecular weight excluding hydrogens is 188 g/mol. The predicted molar refractivity (Wildman–Crippen MR) is 50.4 cm³/mol. The summed E-state index contributed by atoms with van der Waals surface area (Å²) in [6.45, 7) is 4.67. The van der Waals surface area contributed by atoms with Gasteiger partial charge in [0, 0.05) is 7.11 Å². The van der Waals surface area contributed by atoms with Gasteiger partial charge in [-0.3, -0.25) is 0 Å². The Morgan fingerprint density at radius 3 is 2.29 bits per heavy atom. The van der Waals surface area contributed by atoms with Crippen LogP contribution in [0.15, 0.2) is 0 Å². The summed E-state index contributed by atoms with van der Waals surface area (Å²) >= 11 is 0. The largest absolute Gasteiger partial charge is 0.479 e. The van der Waals surface area contributed by atoms with Gasteiger partial charge in [-0.15, -0.1) is 0 Å². The van der Waals surface area contributed by atoms with Crippen molar-refractivity contribution in [2.75, 3.05) is 33.5 Å². The maximum Gasteiger partial charge on any atom is 0.335 e. The zero-order chi connectivity index (χ0) is 11.0. The number of hydrogen-bond donors (Lipinski definition) is 1. The molecule has 0 aliphatic rings. The van der Waals surface area contributed by atoms with Crippen molar-refractivity contribution in [3.05, 3.63) is 0 Å². The third kappa shape index (κ3) is 5.90. The van der Waals surface area contributed by atoms with Gasteiger partial charge in [0.1, 0.15) is 0 Å². The van der Waals surface area contributed by atoms with Crippen LogP contribution in [0.1, 0.15) is 13.8 Å². The number of carboxylic acid groups (broad SMARTS) is 1. The van der Waals surface area contributed by atoms with Crippen molar-refractivity contribution >= 4 is 5.97 Å². The molecule has 0 spiro atoms. The van der Waals surface area contributed by atoms with Crippen LogP contribution in [0.25, 0.3) is 0 Å². The lowest BCUT2D eigenvalue weighted by atomic mass is 10.1. The Balaban J connectivity index is 3.40. The van der Waals surface area contributed by atoms with Crippen LogP contribution in [0, 0.1) is 0 Å². The molecule has 0 aliphatic heterocycles. The Bertz CT molecular complexity index is 167. The molecule has 0 aromatic rings. The molecule has 0 aromatic heterocycles. The molecule has 0 saturated carbocycles. The summed E-state index contributed by atoms with van der Waals surface area (Å²) in [7, 11) is 1.59. The van der Waals surface area contributed by atoms with Crippen molar-refractivity contribution in [3.63, 3.8) is 0 Å². The van der Waals surface area contributed by atoms with Gasteiger partial charge in [-0.05, 0) is 13.8 Å². The Morgan fingerprint density at radius 2 is 1.79 bits per heavy atom. The first-order chi connectivity index (χ1) is 6.50. The van der Waals surface area contributed by atoms with E-state index in [1.807, 2.05) is 0 Å². The Morgan fingerprint density at radius 1 is 1.21 bits per heavy atom. The number of hydrogen-bond acceptors (Lipinski definition) is 4. The molecule has 1 N–H and O–H groups in total. The molecule has 14 heavy (non-hydrogen) atoms. The van der Waals surface area contributed by atoms with E-state index < -0.39 is 11.6 Å². The molecule has 0 unspecified atom stereocenters. The second kappa shape index (κ2) is 6.75. The topological polar surface area (TPSA) is 65.0 Å². The summed E-state index contributed by atoms with van der Waals surface area (Å²) in [5.74, 6) is -0.977. The van der Waals surface area contributed by atoms with Crippen molar-refractivity contribution < 1.29 is 24.1 Å². The highest BCUT2D eigenvalue weighted by Gasteiger charge is 2.27. The van der Waals surface area contributed by atoms with Gasteiger partial charge in [-0.25, -0.2) is 4.79 Å². The number of methoxy groups -OCH3 is 1. The summed E-state index contributed by atoms with van der Waals surface area (Å²) in [5.41, 5.74) is -1.15. The van der Waals surface area contributed by atoms with Gasteiger partial charge < -0.3 is 19.3 Å². The molecule has 84 valence electrons. The third-order valence-electron chi connectivity index (χ3n) is 1.64. The number of aliphatic carboxylic acids is 1. The Hall–Kier alpha value is -0.650. The third-order valence-corrected chi connectivity index (χ3v) is 1.64. The molecule has 0 amide bonds. The van der Waals surface area contributed by atoms with Crippen molar-refractivity contribution in [1.29, 1.82) is 0 Å². The van der Waals surface area contributed by atoms with Crippen LogP contribution < -0.4 is 0 Å². The Kier molecular flexibility index (Phi) is 6.44. The SMILES string of the molecule is COCCOCCOC(C)(C)C(=O)O. The van der Waals surface area contributed by atoms with Crippen LogP contribution in [0.4, 0.5) is 0 Å².